The Morgan fingerprint density at radius 2 is 2.25 bits per heavy atom. The first kappa shape index (κ1) is 25.9. The van der Waals surface area contributed by atoms with Crippen molar-refractivity contribution >= 4 is 63.5 Å². The first-order valence-electron chi connectivity index (χ1n) is 10.4. The molecular weight excluding hydrogens is 532 g/mol. The van der Waals surface area contributed by atoms with Crippen LogP contribution < -0.4 is 16.8 Å². The van der Waals surface area contributed by atoms with Gasteiger partial charge in [0.05, 0.1) is 0 Å². The van der Waals surface area contributed by atoms with Crippen molar-refractivity contribution in [2.75, 3.05) is 23.8 Å². The van der Waals surface area contributed by atoms with Gasteiger partial charge in [-0.05, 0) is 22.9 Å². The zero-order chi connectivity index (χ0) is 26.0. The van der Waals surface area contributed by atoms with Gasteiger partial charge in [-0.3, -0.25) is 14.5 Å². The SMILES string of the molecule is CC(N)CON=C(C(=O)NC1C(=O)N2C(C(=O)O)=C(CSc3nnnn3C)CS[C@H]12)c1csc(N)n1. The number of nitrogens with one attached hydrogen (secondary N) is 1. The number of nitrogens with zero attached hydrogens (tertiary/aromatic N) is 7. The van der Waals surface area contributed by atoms with Gasteiger partial charge in [0.15, 0.2) is 10.8 Å². The second-order valence-electron chi connectivity index (χ2n) is 7.78. The van der Waals surface area contributed by atoms with Crippen LogP contribution in [0.1, 0.15) is 12.6 Å². The highest BCUT2D eigenvalue weighted by molar-refractivity contribution is 8.01. The van der Waals surface area contributed by atoms with Crippen LogP contribution in [-0.2, 0) is 26.3 Å². The van der Waals surface area contributed by atoms with E-state index in [4.69, 9.17) is 16.3 Å². The zero-order valence-corrected chi connectivity index (χ0v) is 21.5. The Morgan fingerprint density at radius 1 is 1.47 bits per heavy atom. The van der Waals surface area contributed by atoms with Gasteiger partial charge in [0.25, 0.3) is 11.8 Å². The number of hydrogen-bond donors (Lipinski definition) is 4. The number of fused-ring (bicyclic) bond motifs is 1. The smallest absolute Gasteiger partial charge is 0.352 e. The van der Waals surface area contributed by atoms with Gasteiger partial charge >= 0.3 is 5.97 Å². The molecule has 0 bridgehead atoms. The van der Waals surface area contributed by atoms with E-state index < -0.39 is 29.2 Å². The Bertz CT molecular complexity index is 1240. The second kappa shape index (κ2) is 10.8. The Kier molecular flexibility index (Phi) is 7.76. The summed E-state index contributed by atoms with van der Waals surface area (Å²) in [6.45, 7) is 1.77. The number of rotatable bonds is 10. The first-order valence-corrected chi connectivity index (χ1v) is 13.3. The fraction of sp³-hybridized carbons (Fsp3) is 0.444. The van der Waals surface area contributed by atoms with Crippen LogP contribution in [0.2, 0.25) is 0 Å². The maximum absolute atomic E-state index is 13.0. The summed E-state index contributed by atoms with van der Waals surface area (Å²) in [6, 6.07) is -1.28. The van der Waals surface area contributed by atoms with Gasteiger partial charge in [0.2, 0.25) is 5.16 Å². The molecule has 2 aromatic rings. The van der Waals surface area contributed by atoms with Gasteiger partial charge < -0.3 is 26.7 Å². The van der Waals surface area contributed by atoms with Crippen molar-refractivity contribution in [2.24, 2.45) is 17.9 Å². The van der Waals surface area contributed by atoms with Crippen molar-refractivity contribution in [1.29, 1.82) is 0 Å². The number of amides is 2. The topological polar surface area (TPSA) is 217 Å². The van der Waals surface area contributed by atoms with Crippen LogP contribution in [0, 0.1) is 0 Å². The molecule has 2 amide bonds. The minimum atomic E-state index is -1.23. The maximum Gasteiger partial charge on any atom is 0.352 e. The summed E-state index contributed by atoms with van der Waals surface area (Å²) in [5.41, 5.74) is 11.8. The van der Waals surface area contributed by atoms with E-state index in [0.29, 0.717) is 16.5 Å². The zero-order valence-electron chi connectivity index (χ0n) is 19.0. The third-order valence-corrected chi connectivity index (χ3v) is 8.08. The lowest BCUT2D eigenvalue weighted by atomic mass is 10.0. The highest BCUT2D eigenvalue weighted by Crippen LogP contribution is 2.41. The van der Waals surface area contributed by atoms with E-state index in [1.165, 1.54) is 38.5 Å². The highest BCUT2D eigenvalue weighted by Gasteiger charge is 2.54. The van der Waals surface area contributed by atoms with Gasteiger partial charge in [-0.1, -0.05) is 16.9 Å². The molecule has 0 saturated carbocycles. The molecule has 2 aliphatic heterocycles. The maximum atomic E-state index is 13.0. The molecule has 0 radical (unpaired) electrons. The lowest BCUT2D eigenvalue weighted by molar-refractivity contribution is -0.150. The molecule has 0 aliphatic carbocycles. The van der Waals surface area contributed by atoms with E-state index in [-0.39, 0.29) is 40.6 Å². The van der Waals surface area contributed by atoms with Crippen LogP contribution in [0.3, 0.4) is 0 Å². The fourth-order valence-corrected chi connectivity index (χ4v) is 6.20. The molecule has 0 aromatic carbocycles. The van der Waals surface area contributed by atoms with Crippen LogP contribution in [0.15, 0.2) is 27.0 Å². The minimum Gasteiger partial charge on any atom is -0.477 e. The Morgan fingerprint density at radius 3 is 2.86 bits per heavy atom. The van der Waals surface area contributed by atoms with Crippen molar-refractivity contribution in [3.8, 4) is 0 Å². The quantitative estimate of drug-likeness (QED) is 0.118. The van der Waals surface area contributed by atoms with E-state index in [9.17, 15) is 19.5 Å². The number of carboxylic acids is 1. The van der Waals surface area contributed by atoms with Crippen LogP contribution in [0.25, 0.3) is 0 Å². The average molecular weight is 555 g/mol. The second-order valence-corrected chi connectivity index (χ2v) is 10.7. The number of nitrogen functional groups attached to an aromatic ring is 1. The first-order chi connectivity index (χ1) is 17.2. The summed E-state index contributed by atoms with van der Waals surface area (Å²) in [5, 5.41) is 29.2. The number of aryl methyl sites for hydroxylation is 1. The van der Waals surface area contributed by atoms with Gasteiger partial charge in [-0.25, -0.2) is 14.5 Å². The van der Waals surface area contributed by atoms with Gasteiger partial charge in [-0.2, -0.15) is 0 Å². The summed E-state index contributed by atoms with van der Waals surface area (Å²) in [5.74, 6) is -1.85. The third kappa shape index (κ3) is 5.30. The van der Waals surface area contributed by atoms with E-state index >= 15 is 0 Å². The molecular formula is C18H22N10O5S3. The molecule has 2 unspecified atom stereocenters. The van der Waals surface area contributed by atoms with Crippen molar-refractivity contribution in [1.82, 2.24) is 35.4 Å². The number of tetrazole rings is 1. The van der Waals surface area contributed by atoms with E-state index in [2.05, 4.69) is 31.0 Å². The number of aromatic nitrogens is 5. The summed E-state index contributed by atoms with van der Waals surface area (Å²) < 4.78 is 1.47. The lowest BCUT2D eigenvalue weighted by Crippen LogP contribution is -2.71. The van der Waals surface area contributed by atoms with Crippen molar-refractivity contribution in [2.45, 2.75) is 29.5 Å². The molecule has 2 aliphatic rings. The van der Waals surface area contributed by atoms with Crippen LogP contribution in [0.4, 0.5) is 5.13 Å². The molecule has 1 fully saturated rings. The number of β-lactam (4-membered cyclic amide) rings is 1. The number of thioether (sulfide) groups is 2. The molecule has 0 spiro atoms. The molecule has 1 saturated heterocycles. The molecule has 18 heteroatoms. The number of aliphatic carboxylic acids is 1. The van der Waals surface area contributed by atoms with E-state index in [1.807, 2.05) is 0 Å². The standard InChI is InChI=1S/C18H22N10O5S3/c1-7(19)3-33-24-10(9-6-35-17(20)21-9)13(29)22-11-14(30)28-12(16(31)32)8(4-34-15(11)28)5-36-18-23-25-26-27(18)2/h6-7,11,15H,3-5,19H2,1-2H3,(H2,20,21)(H,22,29)(H,31,32)/t7?,11?,15-/m1/s1. The summed E-state index contributed by atoms with van der Waals surface area (Å²) >= 11 is 3.73. The normalized spacial score (nSPS) is 20.6. The average Bonchev–Trinajstić information content (AvgIpc) is 3.45. The number of carbonyl (C=O) groups is 3. The van der Waals surface area contributed by atoms with Crippen molar-refractivity contribution in [3.63, 3.8) is 0 Å². The van der Waals surface area contributed by atoms with E-state index in [1.54, 1.807) is 14.0 Å². The number of anilines is 1. The molecule has 2 aromatic heterocycles. The monoisotopic (exact) mass is 554 g/mol. The summed E-state index contributed by atoms with van der Waals surface area (Å²) in [7, 11) is 1.67. The van der Waals surface area contributed by atoms with E-state index in [0.717, 1.165) is 11.3 Å². The summed E-state index contributed by atoms with van der Waals surface area (Å²) in [4.78, 5) is 48.5. The Hall–Kier alpha value is -3.22. The Balaban J connectivity index is 1.49. The third-order valence-electron chi connectivity index (χ3n) is 4.97. The fourth-order valence-electron chi connectivity index (χ4n) is 3.32. The summed E-state index contributed by atoms with van der Waals surface area (Å²) in [6.07, 6.45) is 0. The van der Waals surface area contributed by atoms with Crippen LogP contribution in [-0.4, -0.2) is 94.3 Å². The van der Waals surface area contributed by atoms with Crippen molar-refractivity contribution in [3.05, 3.63) is 22.3 Å². The van der Waals surface area contributed by atoms with Crippen LogP contribution >= 0.6 is 34.9 Å². The number of carbonyl (C=O) groups excluding carboxylic acids is 2. The predicted octanol–water partition coefficient (Wildman–Crippen LogP) is -1.15. The molecule has 192 valence electrons. The number of thiazole rings is 1. The molecule has 3 atom stereocenters. The lowest BCUT2D eigenvalue weighted by Gasteiger charge is -2.49. The van der Waals surface area contributed by atoms with Crippen molar-refractivity contribution < 1.29 is 24.3 Å². The predicted molar refractivity (Wildman–Crippen MR) is 132 cm³/mol. The molecule has 4 rings (SSSR count). The molecule has 4 heterocycles. The minimum absolute atomic E-state index is 0.0585. The van der Waals surface area contributed by atoms with Gasteiger partial charge in [0.1, 0.15) is 29.4 Å². The number of hydrogen-bond acceptors (Lipinski definition) is 14. The molecule has 36 heavy (non-hydrogen) atoms. The molecule has 15 nitrogen and oxygen atoms in total. The number of nitrogens with two attached hydrogens (primary N) is 2. The largest absolute Gasteiger partial charge is 0.477 e. The number of oxime groups is 1. The van der Waals surface area contributed by atoms with Crippen LogP contribution in [0.5, 0.6) is 0 Å². The van der Waals surface area contributed by atoms with Gasteiger partial charge in [0, 0.05) is 30.0 Å². The molecule has 6 N–H and O–H groups in total. The Labute approximate surface area is 216 Å². The number of carboxylic acid groups (broad SMARTS) is 1. The highest BCUT2D eigenvalue weighted by atomic mass is 32.2. The van der Waals surface area contributed by atoms with Gasteiger partial charge in [-0.15, -0.1) is 28.2 Å².